The molecule has 0 radical (unpaired) electrons. The lowest BCUT2D eigenvalue weighted by molar-refractivity contribution is -0.0589. The third-order valence-corrected chi connectivity index (χ3v) is 6.95. The molecule has 4 N–H and O–H groups in total. The quantitative estimate of drug-likeness (QED) is 0.439. The highest BCUT2D eigenvalue weighted by atomic mass is 19.1. The number of hydrazine groups is 1. The van der Waals surface area contributed by atoms with Gasteiger partial charge in [0.05, 0.1) is 17.5 Å². The molecule has 0 spiro atoms. The highest BCUT2D eigenvalue weighted by Gasteiger charge is 2.37. The summed E-state index contributed by atoms with van der Waals surface area (Å²) in [5.74, 6) is 1.56. The molecule has 1 unspecified atom stereocenters. The number of fused-ring (bicyclic) bond motifs is 2. The third kappa shape index (κ3) is 4.59. The zero-order valence-electron chi connectivity index (χ0n) is 21.0. The summed E-state index contributed by atoms with van der Waals surface area (Å²) in [4.78, 5) is 19.4. The summed E-state index contributed by atoms with van der Waals surface area (Å²) in [5.41, 5.74) is 4.15. The predicted octanol–water partition coefficient (Wildman–Crippen LogP) is 3.12. The van der Waals surface area contributed by atoms with Crippen molar-refractivity contribution in [1.82, 2.24) is 25.3 Å². The molecule has 38 heavy (non-hydrogen) atoms. The fourth-order valence-electron chi connectivity index (χ4n) is 4.66. The van der Waals surface area contributed by atoms with Crippen molar-refractivity contribution in [3.8, 4) is 5.75 Å². The maximum absolute atomic E-state index is 15.5. The number of nitrogens with one attached hydrogen (secondary N) is 3. The monoisotopic (exact) mass is 517 g/mol. The molecule has 0 amide bonds. The molecular formula is C26H28FN9O2. The second kappa shape index (κ2) is 9.54. The minimum absolute atomic E-state index is 0.249. The molecule has 1 aromatic carbocycles. The molecule has 3 aliphatic heterocycles. The number of halogens is 1. The number of hydrogen-bond donors (Lipinski definition) is 4. The molecule has 4 aliphatic rings. The number of aliphatic hydroxyl groups is 1. The number of rotatable bonds is 7. The van der Waals surface area contributed by atoms with Crippen LogP contribution in [0.3, 0.4) is 0 Å². The van der Waals surface area contributed by atoms with Crippen LogP contribution >= 0.6 is 0 Å². The van der Waals surface area contributed by atoms with E-state index in [0.29, 0.717) is 46.7 Å². The van der Waals surface area contributed by atoms with E-state index in [-0.39, 0.29) is 5.69 Å². The number of benzene rings is 1. The Balaban J connectivity index is 1.19. The van der Waals surface area contributed by atoms with Crippen molar-refractivity contribution in [2.45, 2.75) is 38.1 Å². The molecule has 4 heterocycles. The van der Waals surface area contributed by atoms with E-state index in [2.05, 4.69) is 36.0 Å². The van der Waals surface area contributed by atoms with Crippen LogP contribution in [0.25, 0.3) is 0 Å². The molecule has 1 saturated carbocycles. The Morgan fingerprint density at radius 1 is 1.32 bits per heavy atom. The second-order valence-corrected chi connectivity index (χ2v) is 9.71. The van der Waals surface area contributed by atoms with E-state index < -0.39 is 17.7 Å². The van der Waals surface area contributed by atoms with Gasteiger partial charge in [0.1, 0.15) is 29.2 Å². The van der Waals surface area contributed by atoms with Gasteiger partial charge in [0.25, 0.3) is 0 Å². The van der Waals surface area contributed by atoms with Crippen molar-refractivity contribution in [1.29, 1.82) is 0 Å². The smallest absolute Gasteiger partial charge is 0.176 e. The van der Waals surface area contributed by atoms with Gasteiger partial charge < -0.3 is 20.5 Å². The highest BCUT2D eigenvalue weighted by Crippen LogP contribution is 2.35. The maximum atomic E-state index is 15.5. The SMILES string of the molecule is Cc1c(OC2=CC3=NC=CNN3C=C2)ccc(Nc2ncnc3c2NC(N(C)CC2(O)CCC2)N=C3)c1F. The van der Waals surface area contributed by atoms with Gasteiger partial charge in [-0.1, -0.05) is 0 Å². The zero-order chi connectivity index (χ0) is 26.3. The number of anilines is 3. The van der Waals surface area contributed by atoms with Crippen LogP contribution in [0.15, 0.2) is 65.0 Å². The highest BCUT2D eigenvalue weighted by molar-refractivity contribution is 5.96. The Morgan fingerprint density at radius 3 is 3.00 bits per heavy atom. The molecule has 0 saturated heterocycles. The number of ether oxygens (including phenoxy) is 1. The van der Waals surface area contributed by atoms with Crippen molar-refractivity contribution < 1.29 is 14.2 Å². The van der Waals surface area contributed by atoms with Gasteiger partial charge in [0, 0.05) is 36.8 Å². The summed E-state index contributed by atoms with van der Waals surface area (Å²) in [6.45, 7) is 2.15. The molecule has 196 valence electrons. The zero-order valence-corrected chi connectivity index (χ0v) is 21.0. The normalized spacial score (nSPS) is 20.4. The van der Waals surface area contributed by atoms with E-state index in [1.165, 1.54) is 6.33 Å². The molecule has 0 bridgehead atoms. The minimum Gasteiger partial charge on any atom is -0.457 e. The molecule has 1 atom stereocenters. The molecule has 1 aliphatic carbocycles. The Hall–Kier alpha value is -4.29. The van der Waals surface area contributed by atoms with E-state index in [0.717, 1.165) is 19.3 Å². The largest absolute Gasteiger partial charge is 0.457 e. The number of amidine groups is 1. The van der Waals surface area contributed by atoms with Crippen molar-refractivity contribution >= 4 is 29.2 Å². The van der Waals surface area contributed by atoms with Gasteiger partial charge in [-0.05, 0) is 51.4 Å². The lowest BCUT2D eigenvalue weighted by Gasteiger charge is -2.41. The van der Waals surface area contributed by atoms with Crippen molar-refractivity contribution in [2.24, 2.45) is 9.98 Å². The van der Waals surface area contributed by atoms with Crippen LogP contribution in [-0.2, 0) is 0 Å². The lowest BCUT2D eigenvalue weighted by Crippen LogP contribution is -2.51. The number of nitrogens with zero attached hydrogens (tertiary/aromatic N) is 6. The number of likely N-dealkylation sites (N-methyl/N-ethyl adjacent to an activating group) is 1. The summed E-state index contributed by atoms with van der Waals surface area (Å²) in [6, 6.07) is 3.32. The number of allylic oxidation sites excluding steroid dienone is 1. The molecule has 1 aromatic heterocycles. The van der Waals surface area contributed by atoms with Gasteiger partial charge in [0.15, 0.2) is 23.8 Å². The van der Waals surface area contributed by atoms with Crippen molar-refractivity contribution in [3.63, 3.8) is 0 Å². The van der Waals surface area contributed by atoms with Crippen LogP contribution in [-0.4, -0.2) is 62.5 Å². The summed E-state index contributed by atoms with van der Waals surface area (Å²) >= 11 is 0. The van der Waals surface area contributed by atoms with Gasteiger partial charge >= 0.3 is 0 Å². The van der Waals surface area contributed by atoms with Gasteiger partial charge in [-0.15, -0.1) is 0 Å². The topological polar surface area (TPSA) is 123 Å². The molecule has 12 heteroatoms. The predicted molar refractivity (Wildman–Crippen MR) is 142 cm³/mol. The number of aromatic nitrogens is 2. The average Bonchev–Trinajstić information content (AvgIpc) is 2.91. The van der Waals surface area contributed by atoms with Crippen LogP contribution < -0.4 is 20.8 Å². The van der Waals surface area contributed by atoms with E-state index in [4.69, 9.17) is 4.74 Å². The standard InChI is InChI=1S/C26H28FN9O2/c1-16-20(38-17-6-11-36-21(12-17)28-9-10-32-36)5-4-18(22(16)27)33-24-23-19(30-15-31-24)13-29-25(34-23)35(2)14-26(37)7-3-8-26/h4-6,9-13,15,25,32,34,37H,3,7-8,14H2,1-2H3,(H,30,31,33). The summed E-state index contributed by atoms with van der Waals surface area (Å²) < 4.78 is 21.5. The van der Waals surface area contributed by atoms with Gasteiger partial charge in [-0.25, -0.2) is 24.4 Å². The number of aliphatic imine (C=N–C) groups is 2. The Morgan fingerprint density at radius 2 is 2.18 bits per heavy atom. The third-order valence-electron chi connectivity index (χ3n) is 6.95. The Labute approximate surface area is 219 Å². The van der Waals surface area contributed by atoms with Crippen LogP contribution in [0.2, 0.25) is 0 Å². The Bertz CT molecular complexity index is 1410. The first-order valence-electron chi connectivity index (χ1n) is 12.4. The molecule has 2 aromatic rings. The van der Waals surface area contributed by atoms with Gasteiger partial charge in [0.2, 0.25) is 0 Å². The van der Waals surface area contributed by atoms with Crippen LogP contribution in [0.5, 0.6) is 5.75 Å². The summed E-state index contributed by atoms with van der Waals surface area (Å²) in [5, 5.41) is 18.7. The fraction of sp³-hybridized carbons (Fsp3) is 0.308. The second-order valence-electron chi connectivity index (χ2n) is 9.71. The van der Waals surface area contributed by atoms with Crippen LogP contribution in [0.1, 0.15) is 30.5 Å². The minimum atomic E-state index is -0.675. The van der Waals surface area contributed by atoms with Gasteiger partial charge in [-0.3, -0.25) is 15.3 Å². The first-order chi connectivity index (χ1) is 18.4. The summed E-state index contributed by atoms with van der Waals surface area (Å²) in [6.07, 6.45) is 13.9. The van der Waals surface area contributed by atoms with Gasteiger partial charge in [-0.2, -0.15) is 0 Å². The molecular weight excluding hydrogens is 489 g/mol. The average molecular weight is 518 g/mol. The molecule has 1 fully saturated rings. The fourth-order valence-corrected chi connectivity index (χ4v) is 4.66. The molecule has 11 nitrogen and oxygen atoms in total. The van der Waals surface area contributed by atoms with Crippen molar-refractivity contribution in [3.05, 3.63) is 72.0 Å². The van der Waals surface area contributed by atoms with Crippen molar-refractivity contribution in [2.75, 3.05) is 24.2 Å². The first kappa shape index (κ1) is 24.1. The van der Waals surface area contributed by atoms with E-state index >= 15 is 4.39 Å². The van der Waals surface area contributed by atoms with E-state index in [1.54, 1.807) is 61.0 Å². The number of hydrogen-bond acceptors (Lipinski definition) is 11. The first-order valence-corrected chi connectivity index (χ1v) is 12.4. The van der Waals surface area contributed by atoms with E-state index in [9.17, 15) is 5.11 Å². The maximum Gasteiger partial charge on any atom is 0.176 e. The molecule has 6 rings (SSSR count). The van der Waals surface area contributed by atoms with Crippen LogP contribution in [0, 0.1) is 12.7 Å². The lowest BCUT2D eigenvalue weighted by atomic mass is 9.80. The van der Waals surface area contributed by atoms with E-state index in [1.807, 2.05) is 11.9 Å². The Kier molecular flexibility index (Phi) is 6.04. The summed E-state index contributed by atoms with van der Waals surface area (Å²) in [7, 11) is 1.90. The van der Waals surface area contributed by atoms with Crippen LogP contribution in [0.4, 0.5) is 21.6 Å².